The molecule has 0 saturated carbocycles. The predicted octanol–water partition coefficient (Wildman–Crippen LogP) is 2.06. The molecule has 0 saturated heterocycles. The lowest BCUT2D eigenvalue weighted by Crippen LogP contribution is -2.30. The summed E-state index contributed by atoms with van der Waals surface area (Å²) in [7, 11) is -1.92. The summed E-state index contributed by atoms with van der Waals surface area (Å²) in [6.07, 6.45) is 0.948. The summed E-state index contributed by atoms with van der Waals surface area (Å²) in [6.45, 7) is 7.93. The third-order valence-electron chi connectivity index (χ3n) is 3.12. The first-order valence-corrected chi connectivity index (χ1v) is 8.11. The monoisotopic (exact) mass is 288 g/mol. The molecule has 5 nitrogen and oxygen atoms in total. The molecule has 0 aliphatic carbocycles. The fourth-order valence-electron chi connectivity index (χ4n) is 1.66. The van der Waals surface area contributed by atoms with Gasteiger partial charge in [-0.1, -0.05) is 27.2 Å². The Bertz CT molecular complexity index is 482. The first-order valence-electron chi connectivity index (χ1n) is 6.67. The fraction of sp³-hybridized carbons (Fsp3) is 0.692. The van der Waals surface area contributed by atoms with E-state index < -0.39 is 10.0 Å². The van der Waals surface area contributed by atoms with E-state index >= 15 is 0 Å². The fourth-order valence-corrected chi connectivity index (χ4v) is 2.87. The molecule has 6 heteroatoms. The summed E-state index contributed by atoms with van der Waals surface area (Å²) in [5, 5.41) is 3.12. The van der Waals surface area contributed by atoms with E-state index in [4.69, 9.17) is 4.42 Å². The van der Waals surface area contributed by atoms with Crippen molar-refractivity contribution in [2.75, 3.05) is 20.1 Å². The highest BCUT2D eigenvalue weighted by Crippen LogP contribution is 2.19. The number of rotatable bonds is 8. The van der Waals surface area contributed by atoms with Crippen molar-refractivity contribution in [2.24, 2.45) is 5.92 Å². The zero-order valence-corrected chi connectivity index (χ0v) is 13.0. The minimum absolute atomic E-state index is 0.0196. The Balaban J connectivity index is 2.79. The van der Waals surface area contributed by atoms with Crippen molar-refractivity contribution in [3.63, 3.8) is 0 Å². The second-order valence-corrected chi connectivity index (χ2v) is 6.78. The number of nitrogens with one attached hydrogen (secondary N) is 1. The number of hydrogen-bond acceptors (Lipinski definition) is 4. The minimum Gasteiger partial charge on any atom is -0.447 e. The summed E-state index contributed by atoms with van der Waals surface area (Å²) in [5.74, 6) is 0.966. The van der Waals surface area contributed by atoms with E-state index in [0.29, 0.717) is 24.8 Å². The van der Waals surface area contributed by atoms with Crippen LogP contribution in [-0.4, -0.2) is 32.9 Å². The maximum absolute atomic E-state index is 12.3. The summed E-state index contributed by atoms with van der Waals surface area (Å²) < 4.78 is 31.3. The molecule has 0 aliphatic heterocycles. The lowest BCUT2D eigenvalue weighted by molar-refractivity contribution is 0.359. The summed E-state index contributed by atoms with van der Waals surface area (Å²) in [4.78, 5) is 0. The molecule has 0 fully saturated rings. The van der Waals surface area contributed by atoms with Crippen molar-refractivity contribution in [2.45, 2.75) is 38.8 Å². The van der Waals surface area contributed by atoms with Crippen molar-refractivity contribution in [3.8, 4) is 0 Å². The zero-order chi connectivity index (χ0) is 14.5. The average Bonchev–Trinajstić information content (AvgIpc) is 2.85. The maximum atomic E-state index is 12.3. The van der Waals surface area contributed by atoms with E-state index in [-0.39, 0.29) is 5.09 Å². The number of furan rings is 1. The van der Waals surface area contributed by atoms with Crippen LogP contribution in [0.2, 0.25) is 0 Å². The molecule has 1 rings (SSSR count). The minimum atomic E-state index is -3.51. The van der Waals surface area contributed by atoms with Crippen LogP contribution in [0, 0.1) is 5.92 Å². The van der Waals surface area contributed by atoms with Gasteiger partial charge >= 0.3 is 0 Å². The molecule has 1 heterocycles. The number of sulfonamides is 1. The molecule has 1 unspecified atom stereocenters. The van der Waals surface area contributed by atoms with Crippen LogP contribution in [0.5, 0.6) is 0 Å². The van der Waals surface area contributed by atoms with Crippen molar-refractivity contribution < 1.29 is 12.8 Å². The predicted molar refractivity (Wildman–Crippen MR) is 75.4 cm³/mol. The van der Waals surface area contributed by atoms with Gasteiger partial charge in [0.2, 0.25) is 5.09 Å². The largest absolute Gasteiger partial charge is 0.447 e. The third-order valence-corrected chi connectivity index (χ3v) is 4.81. The van der Waals surface area contributed by atoms with Crippen LogP contribution in [0.1, 0.15) is 33.0 Å². The third kappa shape index (κ3) is 4.33. The van der Waals surface area contributed by atoms with Crippen LogP contribution in [-0.2, 0) is 16.6 Å². The number of nitrogens with zero attached hydrogens (tertiary/aromatic N) is 1. The molecule has 0 aromatic carbocycles. The van der Waals surface area contributed by atoms with Gasteiger partial charge in [-0.25, -0.2) is 8.42 Å². The van der Waals surface area contributed by atoms with E-state index in [1.807, 2.05) is 20.8 Å². The summed E-state index contributed by atoms with van der Waals surface area (Å²) in [5.41, 5.74) is 0. The quantitative estimate of drug-likeness (QED) is 0.795. The zero-order valence-electron chi connectivity index (χ0n) is 12.1. The highest BCUT2D eigenvalue weighted by Gasteiger charge is 2.25. The molecule has 0 amide bonds. The van der Waals surface area contributed by atoms with Gasteiger partial charge in [0.1, 0.15) is 5.76 Å². The smallest absolute Gasteiger partial charge is 0.276 e. The highest BCUT2D eigenvalue weighted by atomic mass is 32.2. The van der Waals surface area contributed by atoms with Crippen molar-refractivity contribution in [3.05, 3.63) is 17.9 Å². The van der Waals surface area contributed by atoms with Crippen LogP contribution in [0.3, 0.4) is 0 Å². The molecular formula is C13H24N2O3S. The molecular weight excluding hydrogens is 264 g/mol. The van der Waals surface area contributed by atoms with Gasteiger partial charge in [-0.2, -0.15) is 4.31 Å². The summed E-state index contributed by atoms with van der Waals surface area (Å²) >= 11 is 0. The number of hydrogen-bond donors (Lipinski definition) is 1. The molecule has 110 valence electrons. The first kappa shape index (κ1) is 16.2. The van der Waals surface area contributed by atoms with Crippen LogP contribution >= 0.6 is 0 Å². The molecule has 19 heavy (non-hydrogen) atoms. The van der Waals surface area contributed by atoms with Gasteiger partial charge in [-0.15, -0.1) is 0 Å². The van der Waals surface area contributed by atoms with Crippen molar-refractivity contribution in [1.29, 1.82) is 0 Å². The molecule has 0 radical (unpaired) electrons. The van der Waals surface area contributed by atoms with E-state index in [2.05, 4.69) is 5.32 Å². The van der Waals surface area contributed by atoms with E-state index in [1.54, 1.807) is 13.1 Å². The second-order valence-electron chi connectivity index (χ2n) is 4.80. The van der Waals surface area contributed by atoms with Crippen LogP contribution < -0.4 is 5.32 Å². The van der Waals surface area contributed by atoms with Gasteiger partial charge in [-0.3, -0.25) is 0 Å². The standard InChI is InChI=1S/C13H24N2O3S/c1-5-11(3)10-15(4)19(16,17)13-8-7-12(18-13)9-14-6-2/h7-8,11,14H,5-6,9-10H2,1-4H3. The molecule has 1 aromatic rings. The van der Waals surface area contributed by atoms with Gasteiger partial charge < -0.3 is 9.73 Å². The molecule has 0 spiro atoms. The Kier molecular flexibility index (Phi) is 6.03. The van der Waals surface area contributed by atoms with E-state index in [1.165, 1.54) is 10.4 Å². The molecule has 1 N–H and O–H groups in total. The van der Waals surface area contributed by atoms with Crippen molar-refractivity contribution >= 4 is 10.0 Å². The Morgan fingerprint density at radius 1 is 1.37 bits per heavy atom. The molecule has 1 aromatic heterocycles. The van der Waals surface area contributed by atoms with E-state index in [0.717, 1.165) is 13.0 Å². The second kappa shape index (κ2) is 7.07. The normalized spacial score (nSPS) is 13.9. The average molecular weight is 288 g/mol. The van der Waals surface area contributed by atoms with Crippen LogP contribution in [0.4, 0.5) is 0 Å². The van der Waals surface area contributed by atoms with Crippen LogP contribution in [0.15, 0.2) is 21.6 Å². The maximum Gasteiger partial charge on any atom is 0.276 e. The Morgan fingerprint density at radius 2 is 2.05 bits per heavy atom. The Hall–Kier alpha value is -0.850. The topological polar surface area (TPSA) is 62.6 Å². The first-order chi connectivity index (χ1) is 8.91. The van der Waals surface area contributed by atoms with Crippen LogP contribution in [0.25, 0.3) is 0 Å². The Labute approximate surface area is 116 Å². The van der Waals surface area contributed by atoms with Gasteiger partial charge in [0.05, 0.1) is 6.54 Å². The highest BCUT2D eigenvalue weighted by molar-refractivity contribution is 7.89. The van der Waals surface area contributed by atoms with Crippen molar-refractivity contribution in [1.82, 2.24) is 9.62 Å². The van der Waals surface area contributed by atoms with Gasteiger partial charge in [0.25, 0.3) is 10.0 Å². The molecule has 0 aliphatic rings. The van der Waals surface area contributed by atoms with Gasteiger partial charge in [-0.05, 0) is 24.6 Å². The summed E-state index contributed by atoms with van der Waals surface area (Å²) in [6, 6.07) is 3.22. The van der Waals surface area contributed by atoms with E-state index in [9.17, 15) is 8.42 Å². The molecule has 1 atom stereocenters. The lowest BCUT2D eigenvalue weighted by atomic mass is 10.1. The lowest BCUT2D eigenvalue weighted by Gasteiger charge is -2.18. The Morgan fingerprint density at radius 3 is 2.63 bits per heavy atom. The molecule has 0 bridgehead atoms. The SMILES string of the molecule is CCNCc1ccc(S(=O)(=O)N(C)CC(C)CC)o1. The van der Waals surface area contributed by atoms with Gasteiger partial charge in [0.15, 0.2) is 0 Å². The van der Waals surface area contributed by atoms with Gasteiger partial charge in [0, 0.05) is 13.6 Å².